The maximum absolute atomic E-state index is 12.1. The highest BCUT2D eigenvalue weighted by molar-refractivity contribution is 7.89. The molecule has 0 amide bonds. The molecule has 1 saturated heterocycles. The van der Waals surface area contributed by atoms with Gasteiger partial charge in [0.1, 0.15) is 17.5 Å². The van der Waals surface area contributed by atoms with Gasteiger partial charge in [-0.3, -0.25) is 0 Å². The predicted molar refractivity (Wildman–Crippen MR) is 99.7 cm³/mol. The summed E-state index contributed by atoms with van der Waals surface area (Å²) in [6, 6.07) is 1.92. The molecule has 0 radical (unpaired) electrons. The zero-order valence-electron chi connectivity index (χ0n) is 15.1. The van der Waals surface area contributed by atoms with E-state index in [-0.39, 0.29) is 11.6 Å². The second kappa shape index (κ2) is 8.00. The molecule has 3 heterocycles. The number of nitrogens with zero attached hydrogens (tertiary/aromatic N) is 5. The second-order valence-electron chi connectivity index (χ2n) is 6.41. The van der Waals surface area contributed by atoms with Gasteiger partial charge in [0.2, 0.25) is 0 Å². The van der Waals surface area contributed by atoms with Crippen LogP contribution >= 0.6 is 0 Å². The first-order valence-corrected chi connectivity index (χ1v) is 10.2. The first kappa shape index (κ1) is 18.6. The third-order valence-electron chi connectivity index (χ3n) is 4.18. The van der Waals surface area contributed by atoms with Crippen molar-refractivity contribution in [3.63, 3.8) is 0 Å². The summed E-state index contributed by atoms with van der Waals surface area (Å²) in [4.78, 5) is 15.0. The van der Waals surface area contributed by atoms with E-state index in [2.05, 4.69) is 29.9 Å². The van der Waals surface area contributed by atoms with Crippen LogP contribution in [-0.2, 0) is 17.1 Å². The van der Waals surface area contributed by atoms with Crippen molar-refractivity contribution in [1.29, 1.82) is 0 Å². The van der Waals surface area contributed by atoms with Crippen molar-refractivity contribution in [2.24, 2.45) is 7.05 Å². The number of anilines is 2. The molecule has 0 unspecified atom stereocenters. The average Bonchev–Trinajstić information content (AvgIpc) is 3.07. The van der Waals surface area contributed by atoms with Gasteiger partial charge in [-0.1, -0.05) is 0 Å². The maximum Gasteiger partial charge on any atom is 0.259 e. The number of hydrogen-bond donors (Lipinski definition) is 2. The van der Waals surface area contributed by atoms with Gasteiger partial charge < -0.3 is 14.8 Å². The minimum atomic E-state index is -3.59. The van der Waals surface area contributed by atoms with Crippen LogP contribution in [0.5, 0.6) is 0 Å². The summed E-state index contributed by atoms with van der Waals surface area (Å²) in [5.41, 5.74) is 0. The molecular weight excluding hydrogens is 354 g/mol. The largest absolute Gasteiger partial charge is 0.369 e. The van der Waals surface area contributed by atoms with Gasteiger partial charge in [0, 0.05) is 45.5 Å². The Morgan fingerprint density at radius 2 is 1.92 bits per heavy atom. The van der Waals surface area contributed by atoms with Gasteiger partial charge >= 0.3 is 0 Å². The highest BCUT2D eigenvalue weighted by Crippen LogP contribution is 2.20. The van der Waals surface area contributed by atoms with Gasteiger partial charge in [0.15, 0.2) is 5.03 Å². The Kier molecular flexibility index (Phi) is 5.72. The first-order chi connectivity index (χ1) is 12.4. The summed E-state index contributed by atoms with van der Waals surface area (Å²) in [5, 5.41) is 3.18. The highest BCUT2D eigenvalue weighted by atomic mass is 32.2. The van der Waals surface area contributed by atoms with Gasteiger partial charge in [-0.25, -0.2) is 28.1 Å². The molecule has 1 aliphatic rings. The molecule has 1 aliphatic heterocycles. The van der Waals surface area contributed by atoms with Crippen molar-refractivity contribution in [2.45, 2.75) is 31.2 Å². The van der Waals surface area contributed by atoms with Crippen LogP contribution in [0, 0.1) is 6.92 Å². The third kappa shape index (κ3) is 4.70. The molecule has 3 rings (SSSR count). The lowest BCUT2D eigenvalue weighted by Crippen LogP contribution is -2.31. The molecule has 9 nitrogen and oxygen atoms in total. The summed E-state index contributed by atoms with van der Waals surface area (Å²) in [6.45, 7) is 4.55. The van der Waals surface area contributed by atoms with E-state index in [0.717, 1.165) is 18.9 Å². The van der Waals surface area contributed by atoms with Crippen LogP contribution in [-0.4, -0.2) is 54.1 Å². The molecular formula is C16H25N7O2S. The Morgan fingerprint density at radius 3 is 2.62 bits per heavy atom. The molecule has 0 aliphatic carbocycles. The molecule has 0 bridgehead atoms. The number of aromatic nitrogens is 4. The van der Waals surface area contributed by atoms with Crippen LogP contribution in [0.2, 0.25) is 0 Å². The molecule has 0 aromatic carbocycles. The quantitative estimate of drug-likeness (QED) is 0.689. The van der Waals surface area contributed by atoms with Crippen LogP contribution in [0.15, 0.2) is 23.6 Å². The van der Waals surface area contributed by atoms with E-state index in [4.69, 9.17) is 0 Å². The molecule has 0 spiro atoms. The Hall–Kier alpha value is -2.20. The number of hydrogen-bond acceptors (Lipinski definition) is 7. The van der Waals surface area contributed by atoms with E-state index in [1.165, 1.54) is 31.8 Å². The minimum Gasteiger partial charge on any atom is -0.369 e. The first-order valence-electron chi connectivity index (χ1n) is 8.76. The monoisotopic (exact) mass is 379 g/mol. The van der Waals surface area contributed by atoms with E-state index in [0.29, 0.717) is 18.2 Å². The van der Waals surface area contributed by atoms with E-state index >= 15 is 0 Å². The van der Waals surface area contributed by atoms with Crippen LogP contribution in [0.25, 0.3) is 0 Å². The molecule has 2 aromatic rings. The molecule has 142 valence electrons. The lowest BCUT2D eigenvalue weighted by Gasteiger charge is -2.28. The molecule has 0 saturated carbocycles. The zero-order chi connectivity index (χ0) is 18.6. The Morgan fingerprint density at radius 1 is 1.15 bits per heavy atom. The predicted octanol–water partition coefficient (Wildman–Crippen LogP) is 0.899. The van der Waals surface area contributed by atoms with Gasteiger partial charge in [0.25, 0.3) is 10.0 Å². The fraction of sp³-hybridized carbons (Fsp3) is 0.562. The van der Waals surface area contributed by atoms with Gasteiger partial charge in [0.05, 0.1) is 6.33 Å². The molecule has 2 N–H and O–H groups in total. The number of aryl methyl sites for hydroxylation is 2. The van der Waals surface area contributed by atoms with Crippen molar-refractivity contribution >= 4 is 21.7 Å². The normalized spacial score (nSPS) is 15.2. The Balaban J connectivity index is 1.55. The molecule has 10 heteroatoms. The van der Waals surface area contributed by atoms with Crippen molar-refractivity contribution in [3.05, 3.63) is 24.4 Å². The molecule has 0 atom stereocenters. The van der Waals surface area contributed by atoms with Gasteiger partial charge in [-0.05, 0) is 26.2 Å². The van der Waals surface area contributed by atoms with Crippen LogP contribution in [0.1, 0.15) is 25.1 Å². The standard InChI is InChI=1S/C16H25N7O2S/c1-13-20-14(10-15(21-13)23-8-4-3-5-9-23)17-6-7-19-26(24,25)16-11-22(2)12-18-16/h10-12,19H,3-9H2,1-2H3,(H,17,20,21). The number of rotatable bonds is 7. The summed E-state index contributed by atoms with van der Waals surface area (Å²) < 4.78 is 28.4. The number of nitrogens with one attached hydrogen (secondary N) is 2. The Labute approximate surface area is 153 Å². The maximum atomic E-state index is 12.1. The summed E-state index contributed by atoms with van der Waals surface area (Å²) in [7, 11) is -1.86. The highest BCUT2D eigenvalue weighted by Gasteiger charge is 2.16. The number of imidazole rings is 1. The molecule has 26 heavy (non-hydrogen) atoms. The van der Waals surface area contributed by atoms with Crippen LogP contribution in [0.4, 0.5) is 11.6 Å². The van der Waals surface area contributed by atoms with Crippen LogP contribution in [0.3, 0.4) is 0 Å². The van der Waals surface area contributed by atoms with Crippen molar-refractivity contribution < 1.29 is 8.42 Å². The topological polar surface area (TPSA) is 105 Å². The Bertz CT molecular complexity index is 844. The molecule has 1 fully saturated rings. The van der Waals surface area contributed by atoms with E-state index in [9.17, 15) is 8.42 Å². The minimum absolute atomic E-state index is 0.0188. The van der Waals surface area contributed by atoms with Crippen molar-refractivity contribution in [2.75, 3.05) is 36.4 Å². The van der Waals surface area contributed by atoms with Crippen molar-refractivity contribution in [1.82, 2.24) is 24.2 Å². The number of piperidine rings is 1. The SMILES string of the molecule is Cc1nc(NCCNS(=O)(=O)c2cn(C)cn2)cc(N2CCCCC2)n1. The van der Waals surface area contributed by atoms with Gasteiger partial charge in [-0.15, -0.1) is 0 Å². The number of sulfonamides is 1. The van der Waals surface area contributed by atoms with E-state index in [1.54, 1.807) is 11.6 Å². The fourth-order valence-corrected chi connectivity index (χ4v) is 3.91. The zero-order valence-corrected chi connectivity index (χ0v) is 16.0. The van der Waals surface area contributed by atoms with Crippen molar-refractivity contribution in [3.8, 4) is 0 Å². The molecule has 2 aromatic heterocycles. The smallest absolute Gasteiger partial charge is 0.259 e. The third-order valence-corrected chi connectivity index (χ3v) is 5.53. The average molecular weight is 379 g/mol. The summed E-state index contributed by atoms with van der Waals surface area (Å²) in [5.74, 6) is 2.33. The summed E-state index contributed by atoms with van der Waals surface area (Å²) in [6.07, 6.45) is 6.55. The van der Waals surface area contributed by atoms with Gasteiger partial charge in [-0.2, -0.15) is 0 Å². The lowest BCUT2D eigenvalue weighted by molar-refractivity contribution is 0.572. The van der Waals surface area contributed by atoms with E-state index < -0.39 is 10.0 Å². The fourth-order valence-electron chi connectivity index (χ4n) is 2.91. The van der Waals surface area contributed by atoms with Crippen LogP contribution < -0.4 is 14.9 Å². The van der Waals surface area contributed by atoms with E-state index in [1.807, 2.05) is 13.0 Å². The lowest BCUT2D eigenvalue weighted by atomic mass is 10.1. The summed E-state index contributed by atoms with van der Waals surface area (Å²) >= 11 is 0. The second-order valence-corrected chi connectivity index (χ2v) is 8.12.